The van der Waals surface area contributed by atoms with Crippen LogP contribution in [0, 0.1) is 5.82 Å². The number of hydrogen-bond donors (Lipinski definition) is 1. The van der Waals surface area contributed by atoms with Crippen molar-refractivity contribution in [3.63, 3.8) is 0 Å². The Bertz CT molecular complexity index is 634. The summed E-state index contributed by atoms with van der Waals surface area (Å²) in [6.45, 7) is 2.77. The molecule has 2 aromatic carbocycles. The van der Waals surface area contributed by atoms with Crippen LogP contribution < -0.4 is 5.32 Å². The van der Waals surface area contributed by atoms with Gasteiger partial charge in [0, 0.05) is 10.5 Å². The van der Waals surface area contributed by atoms with Crippen molar-refractivity contribution >= 4 is 39.1 Å². The van der Waals surface area contributed by atoms with Crippen LogP contribution in [0.4, 0.5) is 4.39 Å². The third-order valence-corrected chi connectivity index (χ3v) is 4.87. The van der Waals surface area contributed by atoms with E-state index in [1.54, 1.807) is 18.2 Å². The first-order valence-electron chi connectivity index (χ1n) is 6.64. The predicted molar refractivity (Wildman–Crippen MR) is 90.7 cm³/mol. The summed E-state index contributed by atoms with van der Waals surface area (Å²) >= 11 is 15.6. The van der Waals surface area contributed by atoms with Crippen LogP contribution in [0.5, 0.6) is 0 Å². The fourth-order valence-corrected chi connectivity index (χ4v) is 3.09. The highest BCUT2D eigenvalue weighted by molar-refractivity contribution is 9.10. The normalized spacial score (nSPS) is 12.4. The van der Waals surface area contributed by atoms with Crippen LogP contribution in [-0.2, 0) is 6.42 Å². The molecule has 112 valence electrons. The summed E-state index contributed by atoms with van der Waals surface area (Å²) in [5.41, 5.74) is 1.51. The quantitative estimate of drug-likeness (QED) is 0.681. The van der Waals surface area contributed by atoms with E-state index in [1.807, 2.05) is 25.1 Å². The minimum absolute atomic E-state index is 0.0760. The highest BCUT2D eigenvalue weighted by atomic mass is 79.9. The van der Waals surface area contributed by atoms with E-state index in [9.17, 15) is 4.39 Å². The highest BCUT2D eigenvalue weighted by Crippen LogP contribution is 2.32. The smallest absolute Gasteiger partial charge is 0.145 e. The Morgan fingerprint density at radius 3 is 2.62 bits per heavy atom. The molecular formula is C16H15BrCl2FN. The fourth-order valence-electron chi connectivity index (χ4n) is 2.25. The lowest BCUT2D eigenvalue weighted by Gasteiger charge is -2.20. The van der Waals surface area contributed by atoms with Crippen molar-refractivity contribution in [3.8, 4) is 0 Å². The third kappa shape index (κ3) is 3.98. The number of benzene rings is 2. The second kappa shape index (κ2) is 7.59. The molecule has 0 radical (unpaired) electrons. The Kier molecular flexibility index (Phi) is 6.06. The van der Waals surface area contributed by atoms with E-state index in [0.29, 0.717) is 17.0 Å². The summed E-state index contributed by atoms with van der Waals surface area (Å²) in [5, 5.41) is 4.13. The maximum atomic E-state index is 14.1. The molecule has 1 N–H and O–H groups in total. The van der Waals surface area contributed by atoms with Crippen LogP contribution in [0.25, 0.3) is 0 Å². The van der Waals surface area contributed by atoms with Gasteiger partial charge in [-0.2, -0.15) is 0 Å². The maximum Gasteiger partial charge on any atom is 0.145 e. The Balaban J connectivity index is 2.35. The monoisotopic (exact) mass is 389 g/mol. The lowest BCUT2D eigenvalue weighted by atomic mass is 9.98. The van der Waals surface area contributed by atoms with Crippen LogP contribution in [0.3, 0.4) is 0 Å². The summed E-state index contributed by atoms with van der Waals surface area (Å²) in [5.74, 6) is -0.367. The predicted octanol–water partition coefficient (Wildman–Crippen LogP) is 5.79. The second-order valence-corrected chi connectivity index (χ2v) is 6.31. The van der Waals surface area contributed by atoms with Crippen LogP contribution >= 0.6 is 39.1 Å². The van der Waals surface area contributed by atoms with Gasteiger partial charge in [-0.25, -0.2) is 4.39 Å². The molecule has 0 heterocycles. The van der Waals surface area contributed by atoms with Gasteiger partial charge >= 0.3 is 0 Å². The first-order valence-corrected chi connectivity index (χ1v) is 8.19. The summed E-state index contributed by atoms with van der Waals surface area (Å²) in [7, 11) is 0. The Hall–Kier alpha value is -0.610. The van der Waals surface area contributed by atoms with Crippen LogP contribution in [0.2, 0.25) is 10.0 Å². The van der Waals surface area contributed by atoms with E-state index in [4.69, 9.17) is 23.2 Å². The van der Waals surface area contributed by atoms with Crippen LogP contribution in [-0.4, -0.2) is 6.54 Å². The highest BCUT2D eigenvalue weighted by Gasteiger charge is 2.18. The fraction of sp³-hybridized carbons (Fsp3) is 0.250. The molecule has 0 saturated carbocycles. The Morgan fingerprint density at radius 1 is 1.19 bits per heavy atom. The number of hydrogen-bond acceptors (Lipinski definition) is 1. The molecule has 0 saturated heterocycles. The molecule has 1 atom stereocenters. The van der Waals surface area contributed by atoms with Crippen molar-refractivity contribution in [1.82, 2.24) is 5.32 Å². The van der Waals surface area contributed by atoms with Gasteiger partial charge < -0.3 is 5.32 Å². The number of halogens is 4. The van der Waals surface area contributed by atoms with Gasteiger partial charge in [-0.15, -0.1) is 0 Å². The molecule has 1 nitrogen and oxygen atoms in total. The van der Waals surface area contributed by atoms with Gasteiger partial charge in [0.15, 0.2) is 0 Å². The Labute approximate surface area is 142 Å². The SMILES string of the molecule is CCNC(Cc1cccc(Cl)c1F)c1cccc(Br)c1Cl. The van der Waals surface area contributed by atoms with E-state index in [2.05, 4.69) is 21.2 Å². The molecule has 5 heteroatoms. The first-order chi connectivity index (χ1) is 10.0. The molecule has 0 aromatic heterocycles. The van der Waals surface area contributed by atoms with Gasteiger partial charge in [0.05, 0.1) is 10.0 Å². The third-order valence-electron chi connectivity index (χ3n) is 3.26. The Morgan fingerprint density at radius 2 is 1.90 bits per heavy atom. The van der Waals surface area contributed by atoms with Crippen molar-refractivity contribution in [3.05, 3.63) is 67.9 Å². The van der Waals surface area contributed by atoms with Crippen molar-refractivity contribution in [2.45, 2.75) is 19.4 Å². The van der Waals surface area contributed by atoms with Crippen molar-refractivity contribution in [2.24, 2.45) is 0 Å². The lowest BCUT2D eigenvalue weighted by Crippen LogP contribution is -2.23. The van der Waals surface area contributed by atoms with Crippen molar-refractivity contribution in [1.29, 1.82) is 0 Å². The molecule has 2 rings (SSSR count). The summed E-state index contributed by atoms with van der Waals surface area (Å²) in [6, 6.07) is 10.7. The second-order valence-electron chi connectivity index (χ2n) is 4.67. The lowest BCUT2D eigenvalue weighted by molar-refractivity contribution is 0.528. The van der Waals surface area contributed by atoms with Crippen LogP contribution in [0.1, 0.15) is 24.1 Å². The van der Waals surface area contributed by atoms with Gasteiger partial charge in [0.1, 0.15) is 5.82 Å². The van der Waals surface area contributed by atoms with Crippen LogP contribution in [0.15, 0.2) is 40.9 Å². The van der Waals surface area contributed by atoms with Crippen molar-refractivity contribution in [2.75, 3.05) is 6.54 Å². The van der Waals surface area contributed by atoms with Crippen molar-refractivity contribution < 1.29 is 4.39 Å². The first kappa shape index (κ1) is 16.8. The van der Waals surface area contributed by atoms with Gasteiger partial charge in [0.25, 0.3) is 0 Å². The molecular weight excluding hydrogens is 376 g/mol. The average molecular weight is 391 g/mol. The molecule has 0 spiro atoms. The molecule has 0 fully saturated rings. The molecule has 0 aliphatic carbocycles. The summed E-state index contributed by atoms with van der Waals surface area (Å²) < 4.78 is 14.9. The zero-order chi connectivity index (χ0) is 15.4. The zero-order valence-corrected chi connectivity index (χ0v) is 14.6. The maximum absolute atomic E-state index is 14.1. The molecule has 1 unspecified atom stereocenters. The van der Waals surface area contributed by atoms with Gasteiger partial charge in [-0.1, -0.05) is 54.4 Å². The zero-order valence-electron chi connectivity index (χ0n) is 11.5. The minimum Gasteiger partial charge on any atom is -0.310 e. The van der Waals surface area contributed by atoms with E-state index >= 15 is 0 Å². The molecule has 0 amide bonds. The van der Waals surface area contributed by atoms with Gasteiger partial charge in [-0.05, 0) is 52.2 Å². The topological polar surface area (TPSA) is 12.0 Å². The largest absolute Gasteiger partial charge is 0.310 e. The summed E-state index contributed by atoms with van der Waals surface area (Å²) in [6.07, 6.45) is 0.483. The van der Waals surface area contributed by atoms with Gasteiger partial charge in [0.2, 0.25) is 0 Å². The number of nitrogens with one attached hydrogen (secondary N) is 1. The average Bonchev–Trinajstić information content (AvgIpc) is 2.46. The molecule has 21 heavy (non-hydrogen) atoms. The van der Waals surface area contributed by atoms with E-state index in [-0.39, 0.29) is 16.9 Å². The minimum atomic E-state index is -0.367. The van der Waals surface area contributed by atoms with E-state index < -0.39 is 0 Å². The number of likely N-dealkylation sites (N-methyl/N-ethyl adjacent to an activating group) is 1. The van der Waals surface area contributed by atoms with E-state index in [0.717, 1.165) is 16.6 Å². The molecule has 2 aromatic rings. The number of rotatable bonds is 5. The molecule has 0 aliphatic heterocycles. The van der Waals surface area contributed by atoms with E-state index in [1.165, 1.54) is 0 Å². The van der Waals surface area contributed by atoms with Gasteiger partial charge in [-0.3, -0.25) is 0 Å². The molecule has 0 bridgehead atoms. The molecule has 0 aliphatic rings. The summed E-state index contributed by atoms with van der Waals surface area (Å²) in [4.78, 5) is 0. The standard InChI is InChI=1S/C16H15BrCl2FN/c1-2-21-14(11-6-4-7-12(17)15(11)19)9-10-5-3-8-13(18)16(10)20/h3-8,14,21H,2,9H2,1H3.